The van der Waals surface area contributed by atoms with Crippen LogP contribution in [0.4, 0.5) is 0 Å². The lowest BCUT2D eigenvalue weighted by Gasteiger charge is -2.27. The highest BCUT2D eigenvalue weighted by Crippen LogP contribution is 2.23. The van der Waals surface area contributed by atoms with Crippen molar-refractivity contribution in [2.45, 2.75) is 91.7 Å². The molecule has 0 bridgehead atoms. The maximum absolute atomic E-state index is 13.5. The molecule has 2 aromatic carbocycles. The Balaban J connectivity index is 2.10. The topological polar surface area (TPSA) is 55.8 Å². The molecule has 0 saturated carbocycles. The van der Waals surface area contributed by atoms with E-state index in [9.17, 15) is 9.59 Å². The van der Waals surface area contributed by atoms with Crippen molar-refractivity contribution in [3.8, 4) is 5.75 Å². The molecule has 2 rings (SSSR count). The van der Waals surface area contributed by atoms with Gasteiger partial charge in [0.25, 0.3) is 0 Å². The van der Waals surface area contributed by atoms with Crippen molar-refractivity contribution in [3.05, 3.63) is 65.2 Å². The molecule has 0 aliphatic rings. The number of benzene rings is 2. The quantitative estimate of drug-likeness (QED) is 0.219. The molecular weight excluding hydrogens is 438 g/mol. The van der Waals surface area contributed by atoms with Gasteiger partial charge in [-0.3, -0.25) is 4.79 Å². The molecule has 0 aliphatic carbocycles. The summed E-state index contributed by atoms with van der Waals surface area (Å²) in [5.41, 5.74) is 2.20. The summed E-state index contributed by atoms with van der Waals surface area (Å²) < 4.78 is 11.0. The van der Waals surface area contributed by atoms with Gasteiger partial charge in [0.1, 0.15) is 5.75 Å². The van der Waals surface area contributed by atoms with E-state index in [1.54, 1.807) is 20.8 Å². The molecule has 2 aromatic rings. The molecule has 0 radical (unpaired) electrons. The summed E-state index contributed by atoms with van der Waals surface area (Å²) in [6, 6.07) is 15.8. The molecule has 5 heteroatoms. The molecule has 1 unspecified atom stereocenters. The highest BCUT2D eigenvalue weighted by atomic mass is 16.6. The number of rotatable bonds is 14. The number of esters is 1. The number of nitrogens with zero attached hydrogens (tertiary/aromatic N) is 1. The average Bonchev–Trinajstić information content (AvgIpc) is 2.84. The lowest BCUT2D eigenvalue weighted by molar-refractivity contribution is -0.158. The number of carbonyl (C=O) groups is 2. The zero-order chi connectivity index (χ0) is 25.8. The number of hydrogen-bond acceptors (Lipinski definition) is 4. The lowest BCUT2D eigenvalue weighted by atomic mass is 9.98. The van der Waals surface area contributed by atoms with Gasteiger partial charge in [0.2, 0.25) is 5.91 Å². The minimum Gasteiger partial charge on any atom is -0.476 e. The van der Waals surface area contributed by atoms with Gasteiger partial charge < -0.3 is 14.4 Å². The molecule has 35 heavy (non-hydrogen) atoms. The van der Waals surface area contributed by atoms with Crippen LogP contribution in [-0.2, 0) is 20.9 Å². The molecule has 0 saturated heterocycles. The summed E-state index contributed by atoms with van der Waals surface area (Å²) in [7, 11) is 0. The van der Waals surface area contributed by atoms with Gasteiger partial charge in [-0.1, -0.05) is 74.6 Å². The second-order valence-corrected chi connectivity index (χ2v) is 9.78. The normalized spacial score (nSPS) is 12.2. The first-order chi connectivity index (χ1) is 16.7. The third kappa shape index (κ3) is 9.04. The zero-order valence-corrected chi connectivity index (χ0v) is 22.4. The van der Waals surface area contributed by atoms with Crippen molar-refractivity contribution in [2.24, 2.45) is 0 Å². The summed E-state index contributed by atoms with van der Waals surface area (Å²) >= 11 is 0. The van der Waals surface area contributed by atoms with Crippen LogP contribution >= 0.6 is 0 Å². The largest absolute Gasteiger partial charge is 0.476 e. The summed E-state index contributed by atoms with van der Waals surface area (Å²) in [5.74, 6) is 0.152. The van der Waals surface area contributed by atoms with Crippen LogP contribution in [0.5, 0.6) is 5.75 Å². The molecule has 0 aliphatic heterocycles. The maximum Gasteiger partial charge on any atom is 0.349 e. The first-order valence-corrected chi connectivity index (χ1v) is 13.0. The molecule has 0 fully saturated rings. The molecule has 1 atom stereocenters. The number of ether oxygens (including phenoxy) is 2. The third-order valence-electron chi connectivity index (χ3n) is 6.23. The molecule has 5 nitrogen and oxygen atoms in total. The molecule has 0 N–H and O–H groups in total. The predicted molar refractivity (Wildman–Crippen MR) is 142 cm³/mol. The van der Waals surface area contributed by atoms with E-state index in [0.717, 1.165) is 30.5 Å². The van der Waals surface area contributed by atoms with Crippen LogP contribution < -0.4 is 4.74 Å². The van der Waals surface area contributed by atoms with E-state index in [4.69, 9.17) is 9.47 Å². The number of amides is 1. The SMILES string of the molecule is CCCCCCCN(Cc1ccc(OC(C)(C)C(=O)OCC)cc1)C(=O)C(C)c1ccc(C)cc1. The van der Waals surface area contributed by atoms with E-state index in [-0.39, 0.29) is 11.8 Å². The standard InChI is InChI=1S/C30H43NO4/c1-7-9-10-11-12-21-31(28(32)24(4)26-17-13-23(3)14-18-26)22-25-15-19-27(20-16-25)35-30(5,6)29(33)34-8-2/h13-20,24H,7-12,21-22H2,1-6H3. The van der Waals surface area contributed by atoms with Gasteiger partial charge in [0.05, 0.1) is 12.5 Å². The number of aryl methyl sites for hydroxylation is 1. The Hall–Kier alpha value is -2.82. The van der Waals surface area contributed by atoms with Gasteiger partial charge in [-0.05, 0) is 64.3 Å². The monoisotopic (exact) mass is 481 g/mol. The smallest absolute Gasteiger partial charge is 0.349 e. The van der Waals surface area contributed by atoms with Crippen molar-refractivity contribution < 1.29 is 19.1 Å². The highest BCUT2D eigenvalue weighted by molar-refractivity contribution is 5.83. The van der Waals surface area contributed by atoms with Crippen molar-refractivity contribution in [1.82, 2.24) is 4.90 Å². The van der Waals surface area contributed by atoms with Crippen molar-refractivity contribution >= 4 is 11.9 Å². The Bertz CT molecular complexity index is 918. The molecule has 1 amide bonds. The number of unbranched alkanes of at least 4 members (excludes halogenated alkanes) is 4. The Morgan fingerprint density at radius 1 is 0.914 bits per heavy atom. The van der Waals surface area contributed by atoms with E-state index < -0.39 is 11.6 Å². The second kappa shape index (κ2) is 13.9. The van der Waals surface area contributed by atoms with E-state index >= 15 is 0 Å². The van der Waals surface area contributed by atoms with Gasteiger partial charge in [-0.25, -0.2) is 4.79 Å². The summed E-state index contributed by atoms with van der Waals surface area (Å²) in [6.07, 6.45) is 5.77. The van der Waals surface area contributed by atoms with Gasteiger partial charge in [-0.15, -0.1) is 0 Å². The fraction of sp³-hybridized carbons (Fsp3) is 0.533. The van der Waals surface area contributed by atoms with Gasteiger partial charge in [-0.2, -0.15) is 0 Å². The fourth-order valence-electron chi connectivity index (χ4n) is 3.97. The van der Waals surface area contributed by atoms with Crippen LogP contribution in [0.2, 0.25) is 0 Å². The van der Waals surface area contributed by atoms with E-state index in [1.807, 2.05) is 36.1 Å². The zero-order valence-electron chi connectivity index (χ0n) is 22.4. The van der Waals surface area contributed by atoms with E-state index in [0.29, 0.717) is 18.9 Å². The lowest BCUT2D eigenvalue weighted by Crippen LogP contribution is -2.39. The minimum atomic E-state index is -1.07. The van der Waals surface area contributed by atoms with Crippen LogP contribution in [0.25, 0.3) is 0 Å². The Morgan fingerprint density at radius 3 is 2.14 bits per heavy atom. The fourth-order valence-corrected chi connectivity index (χ4v) is 3.97. The predicted octanol–water partition coefficient (Wildman–Crippen LogP) is 6.82. The van der Waals surface area contributed by atoms with Crippen molar-refractivity contribution in [3.63, 3.8) is 0 Å². The number of carbonyl (C=O) groups excluding carboxylic acids is 2. The van der Waals surface area contributed by atoms with Crippen LogP contribution in [0.3, 0.4) is 0 Å². The van der Waals surface area contributed by atoms with Gasteiger partial charge >= 0.3 is 5.97 Å². The minimum absolute atomic E-state index is 0.146. The van der Waals surface area contributed by atoms with Gasteiger partial charge in [0.15, 0.2) is 5.60 Å². The molecule has 192 valence electrons. The average molecular weight is 482 g/mol. The molecular formula is C30H43NO4. The van der Waals surface area contributed by atoms with Crippen LogP contribution in [0.15, 0.2) is 48.5 Å². The Morgan fingerprint density at radius 2 is 1.54 bits per heavy atom. The van der Waals surface area contributed by atoms with Gasteiger partial charge in [0, 0.05) is 13.1 Å². The van der Waals surface area contributed by atoms with Crippen LogP contribution in [-0.4, -0.2) is 35.5 Å². The Kier molecular flexibility index (Phi) is 11.3. The third-order valence-corrected chi connectivity index (χ3v) is 6.23. The second-order valence-electron chi connectivity index (χ2n) is 9.78. The molecule has 0 aromatic heterocycles. The Labute approximate surface area is 211 Å². The first kappa shape index (κ1) is 28.4. The van der Waals surface area contributed by atoms with Crippen LogP contribution in [0, 0.1) is 6.92 Å². The molecule has 0 heterocycles. The van der Waals surface area contributed by atoms with E-state index in [1.165, 1.54) is 24.8 Å². The van der Waals surface area contributed by atoms with E-state index in [2.05, 4.69) is 38.1 Å². The highest BCUT2D eigenvalue weighted by Gasteiger charge is 2.31. The van der Waals surface area contributed by atoms with Crippen molar-refractivity contribution in [2.75, 3.05) is 13.2 Å². The molecule has 0 spiro atoms. The number of hydrogen-bond donors (Lipinski definition) is 0. The summed E-state index contributed by atoms with van der Waals surface area (Å²) in [6.45, 7) is 13.0. The first-order valence-electron chi connectivity index (χ1n) is 13.0. The maximum atomic E-state index is 13.5. The summed E-state index contributed by atoms with van der Waals surface area (Å²) in [4.78, 5) is 27.6. The van der Waals surface area contributed by atoms with Crippen LogP contribution in [0.1, 0.15) is 89.3 Å². The van der Waals surface area contributed by atoms with Crippen molar-refractivity contribution in [1.29, 1.82) is 0 Å². The summed E-state index contributed by atoms with van der Waals surface area (Å²) in [5, 5.41) is 0.